The Balaban J connectivity index is 1.64. The number of aryl methyl sites for hydroxylation is 1. The number of carbonyl (C=O) groups is 1. The summed E-state index contributed by atoms with van der Waals surface area (Å²) in [6, 6.07) is 13.1. The van der Waals surface area contributed by atoms with E-state index in [2.05, 4.69) is 27.6 Å². The first-order valence-electron chi connectivity index (χ1n) is 10.6. The van der Waals surface area contributed by atoms with E-state index < -0.39 is 17.6 Å². The van der Waals surface area contributed by atoms with E-state index in [0.717, 1.165) is 26.8 Å². The maximum absolute atomic E-state index is 13.7. The van der Waals surface area contributed by atoms with E-state index in [1.54, 1.807) is 6.07 Å². The van der Waals surface area contributed by atoms with Crippen molar-refractivity contribution in [3.05, 3.63) is 96.7 Å². The lowest BCUT2D eigenvalue weighted by Crippen LogP contribution is -2.07. The second-order valence-corrected chi connectivity index (χ2v) is 9.13. The van der Waals surface area contributed by atoms with Crippen LogP contribution in [0.25, 0.3) is 6.08 Å². The molecule has 0 amide bonds. The summed E-state index contributed by atoms with van der Waals surface area (Å²) in [6.07, 6.45) is 1.51. The quantitative estimate of drug-likeness (QED) is 0.127. The summed E-state index contributed by atoms with van der Waals surface area (Å²) in [7, 11) is 0. The van der Waals surface area contributed by atoms with Gasteiger partial charge in [0.25, 0.3) is 0 Å². The van der Waals surface area contributed by atoms with Gasteiger partial charge in [0.1, 0.15) is 6.61 Å². The Morgan fingerprint density at radius 3 is 2.60 bits per heavy atom. The summed E-state index contributed by atoms with van der Waals surface area (Å²) >= 11 is 8.12. The summed E-state index contributed by atoms with van der Waals surface area (Å²) < 4.78 is 44.9. The van der Waals surface area contributed by atoms with Crippen molar-refractivity contribution < 1.29 is 27.8 Å². The fourth-order valence-electron chi connectivity index (χ4n) is 3.36. The number of cyclic esters (lactones) is 1. The van der Waals surface area contributed by atoms with Crippen LogP contribution in [0.15, 0.2) is 59.2 Å². The number of rotatable bonds is 7. The molecule has 0 radical (unpaired) electrons. The topological polar surface area (TPSA) is 57.1 Å². The third-order valence-corrected chi connectivity index (χ3v) is 6.24. The van der Waals surface area contributed by atoms with E-state index in [1.807, 2.05) is 44.2 Å². The highest BCUT2D eigenvalue weighted by atomic mass is 127. The van der Waals surface area contributed by atoms with Crippen molar-refractivity contribution in [1.29, 1.82) is 0 Å². The number of ether oxygens (including phenoxy) is 3. The second kappa shape index (κ2) is 10.7. The van der Waals surface area contributed by atoms with Gasteiger partial charge in [0.05, 0.1) is 20.8 Å². The van der Waals surface area contributed by atoms with Crippen molar-refractivity contribution in [3.63, 3.8) is 0 Å². The van der Waals surface area contributed by atoms with E-state index in [0.29, 0.717) is 30.3 Å². The lowest BCUT2D eigenvalue weighted by atomic mass is 10.1. The van der Waals surface area contributed by atoms with Crippen LogP contribution in [0.2, 0.25) is 5.02 Å². The van der Waals surface area contributed by atoms with E-state index in [4.69, 9.17) is 25.8 Å². The maximum Gasteiger partial charge on any atom is 0.363 e. The number of esters is 1. The zero-order chi connectivity index (χ0) is 25.1. The van der Waals surface area contributed by atoms with Crippen molar-refractivity contribution in [1.82, 2.24) is 0 Å². The molecule has 0 fully saturated rings. The normalized spacial score (nSPS) is 14.2. The molecule has 9 heteroatoms. The predicted octanol–water partition coefficient (Wildman–Crippen LogP) is 6.85. The Hall–Kier alpha value is -2.98. The number of nitrogens with zero attached hydrogens (tertiary/aromatic N) is 1. The summed E-state index contributed by atoms with van der Waals surface area (Å²) in [5, 5.41) is -0.125. The van der Waals surface area contributed by atoms with Crippen LogP contribution in [0.5, 0.6) is 11.5 Å². The molecule has 35 heavy (non-hydrogen) atoms. The number of hydrogen-bond acceptors (Lipinski definition) is 5. The van der Waals surface area contributed by atoms with Gasteiger partial charge in [0.15, 0.2) is 28.8 Å². The van der Waals surface area contributed by atoms with Crippen LogP contribution in [0.4, 0.5) is 8.78 Å². The first kappa shape index (κ1) is 25.1. The average Bonchev–Trinajstić information content (AvgIpc) is 3.16. The number of hydrogen-bond donors (Lipinski definition) is 0. The van der Waals surface area contributed by atoms with Crippen molar-refractivity contribution in [2.75, 3.05) is 6.61 Å². The van der Waals surface area contributed by atoms with E-state index >= 15 is 0 Å². The molecule has 1 heterocycles. The Labute approximate surface area is 219 Å². The van der Waals surface area contributed by atoms with Gasteiger partial charge in [-0.15, -0.1) is 0 Å². The third-order valence-electron chi connectivity index (χ3n) is 5.13. The summed E-state index contributed by atoms with van der Waals surface area (Å²) in [4.78, 5) is 16.5. The lowest BCUT2D eigenvalue weighted by molar-refractivity contribution is -0.129. The zero-order valence-electron chi connectivity index (χ0n) is 18.7. The van der Waals surface area contributed by atoms with Gasteiger partial charge in [-0.25, -0.2) is 18.6 Å². The molecule has 0 N–H and O–H groups in total. The van der Waals surface area contributed by atoms with Crippen molar-refractivity contribution in [2.45, 2.75) is 20.5 Å². The molecule has 3 aromatic rings. The SMILES string of the molecule is CCOc1cc(C=C2N=C(c3cc(F)c(F)cc3Cl)OC2=O)cc(I)c1OCc1ccccc1C. The van der Waals surface area contributed by atoms with E-state index in [9.17, 15) is 13.6 Å². The summed E-state index contributed by atoms with van der Waals surface area (Å²) in [5.41, 5.74) is 2.76. The molecule has 0 spiro atoms. The van der Waals surface area contributed by atoms with Gasteiger partial charge >= 0.3 is 5.97 Å². The smallest absolute Gasteiger partial charge is 0.363 e. The monoisotopic (exact) mass is 609 g/mol. The number of carbonyl (C=O) groups excluding carboxylic acids is 1. The van der Waals surface area contributed by atoms with E-state index in [1.165, 1.54) is 6.08 Å². The first-order chi connectivity index (χ1) is 16.8. The zero-order valence-corrected chi connectivity index (χ0v) is 21.6. The maximum atomic E-state index is 13.7. The highest BCUT2D eigenvalue weighted by molar-refractivity contribution is 14.1. The predicted molar refractivity (Wildman–Crippen MR) is 138 cm³/mol. The Bertz CT molecular complexity index is 1370. The van der Waals surface area contributed by atoms with Gasteiger partial charge in [0, 0.05) is 0 Å². The highest BCUT2D eigenvalue weighted by Crippen LogP contribution is 2.36. The molecule has 3 aromatic carbocycles. The molecule has 0 aromatic heterocycles. The molecule has 0 unspecified atom stereocenters. The number of aliphatic imine (C=N–C) groups is 1. The van der Waals surface area contributed by atoms with Crippen molar-refractivity contribution in [2.24, 2.45) is 4.99 Å². The van der Waals surface area contributed by atoms with Gasteiger partial charge in [-0.05, 0) is 83.5 Å². The Morgan fingerprint density at radius 1 is 1.11 bits per heavy atom. The largest absolute Gasteiger partial charge is 0.490 e. The Kier molecular flexibility index (Phi) is 7.71. The minimum absolute atomic E-state index is 0.0207. The van der Waals surface area contributed by atoms with Gasteiger partial charge in [-0.1, -0.05) is 35.9 Å². The summed E-state index contributed by atoms with van der Waals surface area (Å²) in [5.74, 6) is -2.08. The van der Waals surface area contributed by atoms with Gasteiger partial charge in [-0.3, -0.25) is 0 Å². The van der Waals surface area contributed by atoms with Crippen LogP contribution >= 0.6 is 34.2 Å². The van der Waals surface area contributed by atoms with Crippen molar-refractivity contribution in [3.8, 4) is 11.5 Å². The second-order valence-electron chi connectivity index (χ2n) is 7.56. The third kappa shape index (κ3) is 5.65. The standard InChI is InChI=1S/C26H19ClF2INO4/c1-3-33-23-10-15(8-21(30)24(23)34-13-16-7-5-4-6-14(16)2)9-22-26(32)35-25(31-22)17-11-19(28)20(29)12-18(17)27/h4-12H,3,13H2,1-2H3. The lowest BCUT2D eigenvalue weighted by Gasteiger charge is -2.15. The van der Waals surface area contributed by atoms with Crippen LogP contribution in [0.3, 0.4) is 0 Å². The van der Waals surface area contributed by atoms with Crippen LogP contribution < -0.4 is 9.47 Å². The van der Waals surface area contributed by atoms with Crippen molar-refractivity contribution >= 4 is 52.1 Å². The number of halogens is 4. The minimum Gasteiger partial charge on any atom is -0.490 e. The van der Waals surface area contributed by atoms with Crippen LogP contribution in [0, 0.1) is 22.1 Å². The molecule has 4 rings (SSSR count). The van der Waals surface area contributed by atoms with Gasteiger partial charge < -0.3 is 14.2 Å². The average molecular weight is 610 g/mol. The molecule has 0 bridgehead atoms. The molecule has 1 aliphatic heterocycles. The van der Waals surface area contributed by atoms with Gasteiger partial charge in [-0.2, -0.15) is 0 Å². The molecule has 0 saturated carbocycles. The molecule has 180 valence electrons. The van der Waals surface area contributed by atoms with Gasteiger partial charge in [0.2, 0.25) is 5.90 Å². The fraction of sp³-hybridized carbons (Fsp3) is 0.154. The number of benzene rings is 3. The first-order valence-corrected chi connectivity index (χ1v) is 12.0. The van der Waals surface area contributed by atoms with E-state index in [-0.39, 0.29) is 22.2 Å². The molecule has 0 saturated heterocycles. The van der Waals surface area contributed by atoms with Crippen LogP contribution in [-0.4, -0.2) is 18.5 Å². The Morgan fingerprint density at radius 2 is 1.86 bits per heavy atom. The molecule has 0 atom stereocenters. The molecular formula is C26H19ClF2INO4. The van der Waals surface area contributed by atoms with Crippen LogP contribution in [-0.2, 0) is 16.1 Å². The summed E-state index contributed by atoms with van der Waals surface area (Å²) in [6.45, 7) is 4.67. The molecule has 0 aliphatic carbocycles. The molecule has 5 nitrogen and oxygen atoms in total. The highest BCUT2D eigenvalue weighted by Gasteiger charge is 2.27. The molecular weight excluding hydrogens is 591 g/mol. The van der Waals surface area contributed by atoms with Crippen LogP contribution in [0.1, 0.15) is 29.2 Å². The molecule has 1 aliphatic rings. The fourth-order valence-corrected chi connectivity index (χ4v) is 4.38. The minimum atomic E-state index is -1.13.